The molecule has 3 atom stereocenters. The standard InChI is InChI=1S/C20H26N2O6/c1-20(2,3)28-18(25)21-10-14-9-15(17(23)24)22(16(14)11-21)19(26)27-12-13-7-5-4-6-8-13/h4-8,14-16H,9-12H2,1-3H3,(H,23,24)/t14-,15-,16-/m1/s1. The van der Waals surface area contributed by atoms with Gasteiger partial charge in [0, 0.05) is 19.0 Å². The summed E-state index contributed by atoms with van der Waals surface area (Å²) >= 11 is 0. The fourth-order valence-electron chi connectivity index (χ4n) is 3.78. The molecule has 2 aliphatic heterocycles. The molecule has 2 aliphatic rings. The summed E-state index contributed by atoms with van der Waals surface area (Å²) in [5.74, 6) is -1.17. The van der Waals surface area contributed by atoms with E-state index in [0.717, 1.165) is 5.56 Å². The average molecular weight is 390 g/mol. The lowest BCUT2D eigenvalue weighted by Crippen LogP contribution is -2.48. The first kappa shape index (κ1) is 20.0. The first-order chi connectivity index (χ1) is 13.2. The van der Waals surface area contributed by atoms with Crippen LogP contribution in [0.5, 0.6) is 0 Å². The van der Waals surface area contributed by atoms with Gasteiger partial charge in [0.15, 0.2) is 0 Å². The molecule has 0 aliphatic carbocycles. The molecule has 0 aromatic heterocycles. The van der Waals surface area contributed by atoms with E-state index in [4.69, 9.17) is 9.47 Å². The molecule has 0 saturated carbocycles. The van der Waals surface area contributed by atoms with Crippen LogP contribution in [0, 0.1) is 5.92 Å². The number of benzene rings is 1. The van der Waals surface area contributed by atoms with E-state index in [1.165, 1.54) is 9.80 Å². The van der Waals surface area contributed by atoms with E-state index >= 15 is 0 Å². The van der Waals surface area contributed by atoms with Crippen LogP contribution in [0.15, 0.2) is 30.3 Å². The minimum Gasteiger partial charge on any atom is -0.480 e. The van der Waals surface area contributed by atoms with Gasteiger partial charge in [-0.05, 0) is 32.8 Å². The van der Waals surface area contributed by atoms with Gasteiger partial charge in [0.05, 0.1) is 6.04 Å². The summed E-state index contributed by atoms with van der Waals surface area (Å²) < 4.78 is 10.8. The SMILES string of the molecule is CC(C)(C)OC(=O)N1C[C@H]2C[C@H](C(=O)O)N(C(=O)OCc3ccccc3)[C@@H]2C1. The van der Waals surface area contributed by atoms with Crippen LogP contribution in [0.25, 0.3) is 0 Å². The zero-order chi connectivity index (χ0) is 20.5. The number of carbonyl (C=O) groups is 3. The fraction of sp³-hybridized carbons (Fsp3) is 0.550. The predicted molar refractivity (Wildman–Crippen MR) is 99.6 cm³/mol. The Balaban J connectivity index is 1.68. The lowest BCUT2D eigenvalue weighted by Gasteiger charge is -2.29. The zero-order valence-electron chi connectivity index (χ0n) is 16.3. The largest absolute Gasteiger partial charge is 0.480 e. The van der Waals surface area contributed by atoms with E-state index in [2.05, 4.69) is 0 Å². The number of aliphatic carboxylic acids is 1. The van der Waals surface area contributed by atoms with E-state index in [0.29, 0.717) is 13.0 Å². The Bertz CT molecular complexity index is 745. The number of nitrogens with zero attached hydrogens (tertiary/aromatic N) is 2. The third-order valence-corrected chi connectivity index (χ3v) is 4.98. The summed E-state index contributed by atoms with van der Waals surface area (Å²) in [5, 5.41) is 9.55. The van der Waals surface area contributed by atoms with Gasteiger partial charge in [-0.1, -0.05) is 30.3 Å². The lowest BCUT2D eigenvalue weighted by atomic mass is 10.0. The van der Waals surface area contributed by atoms with Crippen LogP contribution in [-0.4, -0.2) is 63.8 Å². The van der Waals surface area contributed by atoms with Crippen molar-refractivity contribution in [2.24, 2.45) is 5.92 Å². The molecule has 8 heteroatoms. The highest BCUT2D eigenvalue weighted by Gasteiger charge is 2.53. The van der Waals surface area contributed by atoms with Crippen molar-refractivity contribution in [3.05, 3.63) is 35.9 Å². The third kappa shape index (κ3) is 4.37. The van der Waals surface area contributed by atoms with Crippen molar-refractivity contribution in [2.75, 3.05) is 13.1 Å². The van der Waals surface area contributed by atoms with Crippen molar-refractivity contribution in [2.45, 2.75) is 51.5 Å². The topological polar surface area (TPSA) is 96.4 Å². The van der Waals surface area contributed by atoms with E-state index in [1.807, 2.05) is 30.3 Å². The fourth-order valence-corrected chi connectivity index (χ4v) is 3.78. The zero-order valence-corrected chi connectivity index (χ0v) is 16.3. The second kappa shape index (κ2) is 7.69. The molecule has 1 aromatic carbocycles. The molecule has 8 nitrogen and oxygen atoms in total. The minimum absolute atomic E-state index is 0.0652. The minimum atomic E-state index is -1.06. The van der Waals surface area contributed by atoms with Gasteiger partial charge in [0.25, 0.3) is 0 Å². The average Bonchev–Trinajstić information content (AvgIpc) is 3.17. The molecule has 1 aromatic rings. The van der Waals surface area contributed by atoms with Gasteiger partial charge in [-0.3, -0.25) is 4.90 Å². The molecule has 2 fully saturated rings. The van der Waals surface area contributed by atoms with Gasteiger partial charge in [-0.2, -0.15) is 0 Å². The van der Waals surface area contributed by atoms with Crippen molar-refractivity contribution < 1.29 is 29.0 Å². The number of fused-ring (bicyclic) bond motifs is 1. The monoisotopic (exact) mass is 390 g/mol. The van der Waals surface area contributed by atoms with Crippen LogP contribution in [-0.2, 0) is 20.9 Å². The number of rotatable bonds is 3. The molecule has 152 valence electrons. The van der Waals surface area contributed by atoms with Crippen LogP contribution in [0.4, 0.5) is 9.59 Å². The maximum Gasteiger partial charge on any atom is 0.411 e. The van der Waals surface area contributed by atoms with Crippen LogP contribution < -0.4 is 0 Å². The van der Waals surface area contributed by atoms with Gasteiger partial charge in [-0.25, -0.2) is 14.4 Å². The van der Waals surface area contributed by atoms with Crippen molar-refractivity contribution in [3.8, 4) is 0 Å². The molecule has 2 amide bonds. The lowest BCUT2D eigenvalue weighted by molar-refractivity contribution is -0.142. The Morgan fingerprint density at radius 1 is 1.11 bits per heavy atom. The normalized spacial score (nSPS) is 24.0. The smallest absolute Gasteiger partial charge is 0.411 e. The summed E-state index contributed by atoms with van der Waals surface area (Å²) in [6.45, 7) is 6.03. The summed E-state index contributed by atoms with van der Waals surface area (Å²) in [6, 6.07) is 7.86. The summed E-state index contributed by atoms with van der Waals surface area (Å²) in [6.07, 6.45) is -0.833. The highest BCUT2D eigenvalue weighted by atomic mass is 16.6. The number of amides is 2. The number of ether oxygens (including phenoxy) is 2. The Morgan fingerprint density at radius 3 is 2.39 bits per heavy atom. The van der Waals surface area contributed by atoms with Crippen LogP contribution in [0.1, 0.15) is 32.8 Å². The highest BCUT2D eigenvalue weighted by Crippen LogP contribution is 2.37. The molecule has 0 radical (unpaired) electrons. The number of likely N-dealkylation sites (tertiary alicyclic amines) is 2. The molecule has 0 bridgehead atoms. The maximum atomic E-state index is 12.7. The van der Waals surface area contributed by atoms with Gasteiger partial charge in [0.1, 0.15) is 18.2 Å². The first-order valence-electron chi connectivity index (χ1n) is 9.35. The predicted octanol–water partition coefficient (Wildman–Crippen LogP) is 2.72. The molecule has 0 unspecified atom stereocenters. The second-order valence-electron chi connectivity index (χ2n) is 8.25. The van der Waals surface area contributed by atoms with Crippen molar-refractivity contribution >= 4 is 18.2 Å². The third-order valence-electron chi connectivity index (χ3n) is 4.98. The van der Waals surface area contributed by atoms with E-state index in [-0.39, 0.29) is 19.1 Å². The molecular formula is C20H26N2O6. The molecular weight excluding hydrogens is 364 g/mol. The number of hydrogen-bond donors (Lipinski definition) is 1. The van der Waals surface area contributed by atoms with Crippen molar-refractivity contribution in [1.29, 1.82) is 0 Å². The molecule has 3 rings (SSSR count). The Kier molecular flexibility index (Phi) is 5.49. The number of carbonyl (C=O) groups excluding carboxylic acids is 2. The highest BCUT2D eigenvalue weighted by molar-refractivity contribution is 5.81. The van der Waals surface area contributed by atoms with E-state index in [1.54, 1.807) is 20.8 Å². The van der Waals surface area contributed by atoms with Crippen LogP contribution in [0.2, 0.25) is 0 Å². The van der Waals surface area contributed by atoms with Crippen LogP contribution >= 0.6 is 0 Å². The van der Waals surface area contributed by atoms with E-state index < -0.39 is 35.8 Å². The van der Waals surface area contributed by atoms with Gasteiger partial charge < -0.3 is 19.5 Å². The van der Waals surface area contributed by atoms with Gasteiger partial charge in [-0.15, -0.1) is 0 Å². The number of carboxylic acid groups (broad SMARTS) is 1. The Labute approximate surface area is 164 Å². The van der Waals surface area contributed by atoms with Gasteiger partial charge >= 0.3 is 18.2 Å². The molecule has 28 heavy (non-hydrogen) atoms. The van der Waals surface area contributed by atoms with E-state index in [9.17, 15) is 19.5 Å². The molecule has 1 N–H and O–H groups in total. The maximum absolute atomic E-state index is 12.7. The van der Waals surface area contributed by atoms with Crippen molar-refractivity contribution in [1.82, 2.24) is 9.80 Å². The summed E-state index contributed by atoms with van der Waals surface area (Å²) in [7, 11) is 0. The first-order valence-corrected chi connectivity index (χ1v) is 9.35. The second-order valence-corrected chi connectivity index (χ2v) is 8.25. The molecule has 2 saturated heterocycles. The van der Waals surface area contributed by atoms with Crippen LogP contribution in [0.3, 0.4) is 0 Å². The summed E-state index contributed by atoms with van der Waals surface area (Å²) in [4.78, 5) is 39.5. The molecule has 0 spiro atoms. The van der Waals surface area contributed by atoms with Gasteiger partial charge in [0.2, 0.25) is 0 Å². The number of hydrogen-bond acceptors (Lipinski definition) is 5. The summed E-state index contributed by atoms with van der Waals surface area (Å²) in [5.41, 5.74) is 0.201. The molecule has 2 heterocycles. The Hall–Kier alpha value is -2.77. The van der Waals surface area contributed by atoms with Crippen molar-refractivity contribution in [3.63, 3.8) is 0 Å². The Morgan fingerprint density at radius 2 is 1.79 bits per heavy atom. The number of carboxylic acids is 1. The quantitative estimate of drug-likeness (QED) is 0.852.